The van der Waals surface area contributed by atoms with Gasteiger partial charge in [-0.05, 0) is 44.8 Å². The fourth-order valence-electron chi connectivity index (χ4n) is 2.62. The van der Waals surface area contributed by atoms with Crippen LogP contribution >= 0.6 is 0 Å². The van der Waals surface area contributed by atoms with Gasteiger partial charge in [-0.3, -0.25) is 4.98 Å². The van der Waals surface area contributed by atoms with Crippen molar-refractivity contribution in [3.8, 4) is 5.88 Å². The summed E-state index contributed by atoms with van der Waals surface area (Å²) in [6.45, 7) is 4.22. The molecule has 0 unspecified atom stereocenters. The van der Waals surface area contributed by atoms with Gasteiger partial charge in [0.1, 0.15) is 6.61 Å². The van der Waals surface area contributed by atoms with Gasteiger partial charge in [0.05, 0.1) is 5.52 Å². The number of aryl methyl sites for hydroxylation is 1. The normalized spacial score (nSPS) is 11.0. The van der Waals surface area contributed by atoms with Crippen LogP contribution in [0.4, 0.5) is 5.69 Å². The van der Waals surface area contributed by atoms with Crippen LogP contribution in [0.5, 0.6) is 5.88 Å². The predicted octanol–water partition coefficient (Wildman–Crippen LogP) is 3.49. The second-order valence-electron chi connectivity index (χ2n) is 6.34. The van der Waals surface area contributed by atoms with Gasteiger partial charge in [-0.25, -0.2) is 4.98 Å². The van der Waals surface area contributed by atoms with E-state index in [0.717, 1.165) is 34.4 Å². The highest BCUT2D eigenvalue weighted by atomic mass is 16.5. The number of hydrogen-bond donors (Lipinski definition) is 1. The van der Waals surface area contributed by atoms with Crippen LogP contribution in [-0.2, 0) is 6.54 Å². The van der Waals surface area contributed by atoms with Gasteiger partial charge in [0.2, 0.25) is 5.88 Å². The Kier molecular flexibility index (Phi) is 5.46. The highest BCUT2D eigenvalue weighted by Crippen LogP contribution is 2.23. The molecule has 0 spiro atoms. The molecule has 2 aromatic heterocycles. The number of nitrogens with zero attached hydrogens (tertiary/aromatic N) is 3. The number of likely N-dealkylation sites (N-methyl/N-ethyl adjacent to an activating group) is 1. The largest absolute Gasteiger partial charge is 0.476 e. The Bertz CT molecular complexity index is 848. The van der Waals surface area contributed by atoms with Crippen LogP contribution in [0.3, 0.4) is 0 Å². The molecule has 0 bridgehead atoms. The van der Waals surface area contributed by atoms with Gasteiger partial charge in [0.15, 0.2) is 0 Å². The van der Waals surface area contributed by atoms with E-state index in [1.807, 2.05) is 51.4 Å². The van der Waals surface area contributed by atoms with Crippen LogP contribution in [0.2, 0.25) is 0 Å². The van der Waals surface area contributed by atoms with Gasteiger partial charge in [0.25, 0.3) is 0 Å². The first-order chi connectivity index (χ1) is 12.1. The zero-order valence-corrected chi connectivity index (χ0v) is 15.0. The summed E-state index contributed by atoms with van der Waals surface area (Å²) in [6, 6.07) is 14.2. The lowest BCUT2D eigenvalue weighted by Crippen LogP contribution is -2.19. The lowest BCUT2D eigenvalue weighted by Gasteiger charge is -2.12. The van der Waals surface area contributed by atoms with Crippen molar-refractivity contribution in [2.75, 3.05) is 32.6 Å². The van der Waals surface area contributed by atoms with Crippen LogP contribution in [0.15, 0.2) is 48.7 Å². The van der Waals surface area contributed by atoms with Gasteiger partial charge in [0, 0.05) is 42.1 Å². The minimum atomic E-state index is 0.630. The van der Waals surface area contributed by atoms with Gasteiger partial charge in [-0.1, -0.05) is 18.2 Å². The number of benzene rings is 1. The molecule has 0 radical (unpaired) electrons. The van der Waals surface area contributed by atoms with Crippen LogP contribution in [0.1, 0.15) is 11.3 Å². The number of hydrogen-bond acceptors (Lipinski definition) is 5. The van der Waals surface area contributed by atoms with E-state index in [-0.39, 0.29) is 0 Å². The number of fused-ring (bicyclic) bond motifs is 1. The quantitative estimate of drug-likeness (QED) is 0.716. The summed E-state index contributed by atoms with van der Waals surface area (Å²) >= 11 is 0. The van der Waals surface area contributed by atoms with E-state index in [1.54, 1.807) is 6.20 Å². The highest BCUT2D eigenvalue weighted by Gasteiger charge is 2.04. The van der Waals surface area contributed by atoms with E-state index in [4.69, 9.17) is 4.74 Å². The molecule has 1 aromatic carbocycles. The van der Waals surface area contributed by atoms with Crippen molar-refractivity contribution in [3.05, 3.63) is 59.9 Å². The Morgan fingerprint density at radius 1 is 1.12 bits per heavy atom. The average molecular weight is 336 g/mol. The third-order valence-corrected chi connectivity index (χ3v) is 3.91. The van der Waals surface area contributed by atoms with Crippen molar-refractivity contribution in [2.45, 2.75) is 13.5 Å². The molecule has 0 amide bonds. The van der Waals surface area contributed by atoms with Gasteiger partial charge < -0.3 is 15.0 Å². The SMILES string of the molecule is Cc1cc(NCc2ccnc(OCCN(C)C)c2)c2ccccc2n1. The van der Waals surface area contributed by atoms with Crippen molar-refractivity contribution >= 4 is 16.6 Å². The fraction of sp³-hybridized carbons (Fsp3) is 0.300. The maximum atomic E-state index is 5.71. The molecule has 130 valence electrons. The molecule has 0 fully saturated rings. The van der Waals surface area contributed by atoms with Crippen LogP contribution in [0.25, 0.3) is 10.9 Å². The number of aromatic nitrogens is 2. The summed E-state index contributed by atoms with van der Waals surface area (Å²) in [5, 5.41) is 4.64. The number of pyridine rings is 2. The first-order valence-electron chi connectivity index (χ1n) is 8.44. The second-order valence-corrected chi connectivity index (χ2v) is 6.34. The minimum absolute atomic E-state index is 0.630. The van der Waals surface area contributed by atoms with Crippen LogP contribution in [-0.4, -0.2) is 42.1 Å². The molecule has 5 heteroatoms. The van der Waals surface area contributed by atoms with Crippen molar-refractivity contribution in [1.82, 2.24) is 14.9 Å². The summed E-state index contributed by atoms with van der Waals surface area (Å²) in [5.74, 6) is 0.664. The van der Waals surface area contributed by atoms with E-state index in [0.29, 0.717) is 19.0 Å². The summed E-state index contributed by atoms with van der Waals surface area (Å²) in [6.07, 6.45) is 1.79. The van der Waals surface area contributed by atoms with E-state index in [9.17, 15) is 0 Å². The van der Waals surface area contributed by atoms with E-state index >= 15 is 0 Å². The Morgan fingerprint density at radius 2 is 1.96 bits per heavy atom. The molecule has 0 aliphatic rings. The summed E-state index contributed by atoms with van der Waals surface area (Å²) in [7, 11) is 4.05. The zero-order valence-electron chi connectivity index (χ0n) is 15.0. The first-order valence-corrected chi connectivity index (χ1v) is 8.44. The van der Waals surface area contributed by atoms with Crippen molar-refractivity contribution in [1.29, 1.82) is 0 Å². The molecule has 0 aliphatic carbocycles. The monoisotopic (exact) mass is 336 g/mol. The number of ether oxygens (including phenoxy) is 1. The lowest BCUT2D eigenvalue weighted by molar-refractivity contribution is 0.253. The minimum Gasteiger partial charge on any atom is -0.476 e. The van der Waals surface area contributed by atoms with Gasteiger partial charge in [-0.2, -0.15) is 0 Å². The Hall–Kier alpha value is -2.66. The second kappa shape index (κ2) is 7.94. The van der Waals surface area contributed by atoms with E-state index in [1.165, 1.54) is 0 Å². The lowest BCUT2D eigenvalue weighted by atomic mass is 10.1. The third-order valence-electron chi connectivity index (χ3n) is 3.91. The molecule has 0 saturated carbocycles. The molecule has 2 heterocycles. The van der Waals surface area contributed by atoms with Crippen LogP contribution in [0, 0.1) is 6.92 Å². The number of anilines is 1. The number of para-hydroxylation sites is 1. The van der Waals surface area contributed by atoms with Gasteiger partial charge in [-0.15, -0.1) is 0 Å². The van der Waals surface area contributed by atoms with Crippen molar-refractivity contribution < 1.29 is 4.74 Å². The molecule has 25 heavy (non-hydrogen) atoms. The molecule has 3 rings (SSSR count). The number of nitrogens with one attached hydrogen (secondary N) is 1. The summed E-state index contributed by atoms with van der Waals surface area (Å²) < 4.78 is 5.71. The molecule has 0 atom stereocenters. The van der Waals surface area contributed by atoms with Crippen molar-refractivity contribution in [2.24, 2.45) is 0 Å². The average Bonchev–Trinajstić information content (AvgIpc) is 2.59. The van der Waals surface area contributed by atoms with E-state index < -0.39 is 0 Å². The molecule has 0 saturated heterocycles. The topological polar surface area (TPSA) is 50.3 Å². The maximum Gasteiger partial charge on any atom is 0.213 e. The third kappa shape index (κ3) is 4.67. The summed E-state index contributed by atoms with van der Waals surface area (Å²) in [5.41, 5.74) is 4.24. The van der Waals surface area contributed by atoms with Crippen LogP contribution < -0.4 is 10.1 Å². The molecule has 1 N–H and O–H groups in total. The first kappa shape index (κ1) is 17.2. The maximum absolute atomic E-state index is 5.71. The zero-order chi connectivity index (χ0) is 17.6. The number of rotatable bonds is 7. The Labute approximate surface area is 148 Å². The standard InChI is InChI=1S/C20H24N4O/c1-15-12-19(17-6-4-5-7-18(17)23-15)22-14-16-8-9-21-20(13-16)25-11-10-24(2)3/h4-9,12-13H,10-11,14H2,1-3H3,(H,22,23). The predicted molar refractivity (Wildman–Crippen MR) is 102 cm³/mol. The molecular weight excluding hydrogens is 312 g/mol. The van der Waals surface area contributed by atoms with Crippen molar-refractivity contribution in [3.63, 3.8) is 0 Å². The smallest absolute Gasteiger partial charge is 0.213 e. The fourth-order valence-corrected chi connectivity index (χ4v) is 2.62. The molecule has 3 aromatic rings. The van der Waals surface area contributed by atoms with Gasteiger partial charge >= 0.3 is 0 Å². The van der Waals surface area contributed by atoms with E-state index in [2.05, 4.69) is 32.3 Å². The Morgan fingerprint density at radius 3 is 2.80 bits per heavy atom. The molecular formula is C20H24N4O. The summed E-state index contributed by atoms with van der Waals surface area (Å²) in [4.78, 5) is 10.9. The Balaban J connectivity index is 1.70. The highest BCUT2D eigenvalue weighted by molar-refractivity contribution is 5.91. The molecule has 0 aliphatic heterocycles. The molecule has 5 nitrogen and oxygen atoms in total.